The number of hydrogen-bond donors (Lipinski definition) is 1. The van der Waals surface area contributed by atoms with E-state index >= 15 is 0 Å². The maximum absolute atomic E-state index is 12.7. The number of anilines is 1. The maximum atomic E-state index is 12.7. The fourth-order valence-electron chi connectivity index (χ4n) is 2.13. The van der Waals surface area contributed by atoms with Crippen LogP contribution in [-0.4, -0.2) is 26.9 Å². The number of benzene rings is 1. The summed E-state index contributed by atoms with van der Waals surface area (Å²) in [6.07, 6.45) is 1.51. The minimum absolute atomic E-state index is 0.182. The summed E-state index contributed by atoms with van der Waals surface area (Å²) in [7, 11) is 1.53. The van der Waals surface area contributed by atoms with Gasteiger partial charge >= 0.3 is 0 Å². The molecular formula is C13H13N5O2S. The Morgan fingerprint density at radius 2 is 2.19 bits per heavy atom. The molecule has 1 atom stereocenters. The molecule has 8 heteroatoms. The summed E-state index contributed by atoms with van der Waals surface area (Å²) in [5, 5.41) is 9.24. The Kier molecular flexibility index (Phi) is 3.30. The SMILES string of the molecule is COc1cccc2ncn([C@@H](C)c3nnc(N)s3)c(=O)c12. The summed E-state index contributed by atoms with van der Waals surface area (Å²) in [6.45, 7) is 1.85. The van der Waals surface area contributed by atoms with E-state index in [1.165, 1.54) is 29.3 Å². The normalized spacial score (nSPS) is 12.5. The number of nitrogens with two attached hydrogens (primary N) is 1. The fourth-order valence-corrected chi connectivity index (χ4v) is 2.79. The summed E-state index contributed by atoms with van der Waals surface area (Å²) in [5.74, 6) is 0.503. The molecule has 0 bridgehead atoms. The molecule has 0 aliphatic carbocycles. The molecule has 0 saturated carbocycles. The van der Waals surface area contributed by atoms with E-state index in [0.717, 1.165) is 0 Å². The molecule has 0 fully saturated rings. The van der Waals surface area contributed by atoms with Crippen LogP contribution in [0.1, 0.15) is 18.0 Å². The van der Waals surface area contributed by atoms with Crippen LogP contribution < -0.4 is 16.0 Å². The molecule has 7 nitrogen and oxygen atoms in total. The average molecular weight is 303 g/mol. The fraction of sp³-hybridized carbons (Fsp3) is 0.231. The van der Waals surface area contributed by atoms with Crippen molar-refractivity contribution in [1.29, 1.82) is 0 Å². The third-order valence-corrected chi connectivity index (χ3v) is 4.15. The smallest absolute Gasteiger partial charge is 0.265 e. The van der Waals surface area contributed by atoms with Gasteiger partial charge in [-0.2, -0.15) is 0 Å². The van der Waals surface area contributed by atoms with Crippen molar-refractivity contribution in [3.05, 3.63) is 39.9 Å². The summed E-state index contributed by atoms with van der Waals surface area (Å²) >= 11 is 1.25. The quantitative estimate of drug-likeness (QED) is 0.786. The largest absolute Gasteiger partial charge is 0.496 e. The van der Waals surface area contributed by atoms with Crippen molar-refractivity contribution in [1.82, 2.24) is 19.7 Å². The van der Waals surface area contributed by atoms with E-state index in [4.69, 9.17) is 10.5 Å². The Bertz CT molecular complexity index is 857. The first kappa shape index (κ1) is 13.5. The van der Waals surface area contributed by atoms with Crippen LogP contribution in [0.4, 0.5) is 5.13 Å². The zero-order chi connectivity index (χ0) is 15.0. The molecule has 2 N–H and O–H groups in total. The Labute approximate surface area is 124 Å². The Morgan fingerprint density at radius 3 is 2.86 bits per heavy atom. The molecular weight excluding hydrogens is 290 g/mol. The molecule has 0 radical (unpaired) electrons. The molecule has 3 rings (SSSR count). The lowest BCUT2D eigenvalue weighted by Gasteiger charge is -2.13. The predicted octanol–water partition coefficient (Wildman–Crippen LogP) is 1.45. The highest BCUT2D eigenvalue weighted by Gasteiger charge is 2.17. The number of rotatable bonds is 3. The highest BCUT2D eigenvalue weighted by molar-refractivity contribution is 7.15. The number of hydrogen-bond acceptors (Lipinski definition) is 7. The number of nitrogens with zero attached hydrogens (tertiary/aromatic N) is 4. The van der Waals surface area contributed by atoms with Crippen LogP contribution in [-0.2, 0) is 0 Å². The maximum Gasteiger partial charge on any atom is 0.265 e. The van der Waals surface area contributed by atoms with Crippen LogP contribution in [0.3, 0.4) is 0 Å². The average Bonchev–Trinajstić information content (AvgIpc) is 2.93. The first-order valence-corrected chi connectivity index (χ1v) is 7.06. The summed E-state index contributed by atoms with van der Waals surface area (Å²) in [6, 6.07) is 5.02. The molecule has 2 aromatic heterocycles. The van der Waals surface area contributed by atoms with E-state index in [0.29, 0.717) is 26.8 Å². The van der Waals surface area contributed by atoms with Crippen molar-refractivity contribution in [2.45, 2.75) is 13.0 Å². The van der Waals surface area contributed by atoms with Crippen molar-refractivity contribution < 1.29 is 4.74 Å². The van der Waals surface area contributed by atoms with Crippen LogP contribution in [0.2, 0.25) is 0 Å². The number of ether oxygens (including phenoxy) is 1. The molecule has 3 aromatic rings. The van der Waals surface area contributed by atoms with Gasteiger partial charge in [-0.3, -0.25) is 9.36 Å². The first-order valence-electron chi connectivity index (χ1n) is 6.24. The van der Waals surface area contributed by atoms with Crippen molar-refractivity contribution in [2.75, 3.05) is 12.8 Å². The van der Waals surface area contributed by atoms with Gasteiger partial charge in [-0.25, -0.2) is 4.98 Å². The number of fused-ring (bicyclic) bond motifs is 1. The Morgan fingerprint density at radius 1 is 1.38 bits per heavy atom. The van der Waals surface area contributed by atoms with E-state index in [9.17, 15) is 4.79 Å². The Balaban J connectivity index is 2.20. The molecule has 0 saturated heterocycles. The van der Waals surface area contributed by atoms with E-state index < -0.39 is 0 Å². The standard InChI is InChI=1S/C13H13N5O2S/c1-7(11-16-17-13(14)21-11)18-6-15-8-4-3-5-9(20-2)10(8)12(18)19/h3-7H,1-2H3,(H2,14,17)/t7-/m0/s1. The lowest BCUT2D eigenvalue weighted by atomic mass is 10.2. The van der Waals surface area contributed by atoms with Crippen molar-refractivity contribution in [2.24, 2.45) is 0 Å². The molecule has 0 unspecified atom stereocenters. The van der Waals surface area contributed by atoms with Gasteiger partial charge in [0.2, 0.25) is 5.13 Å². The van der Waals surface area contributed by atoms with Crippen LogP contribution >= 0.6 is 11.3 Å². The summed E-state index contributed by atoms with van der Waals surface area (Å²) < 4.78 is 6.76. The predicted molar refractivity (Wildman–Crippen MR) is 80.7 cm³/mol. The minimum atomic E-state index is -0.297. The Hall–Kier alpha value is -2.48. The van der Waals surface area contributed by atoms with Gasteiger partial charge in [-0.05, 0) is 19.1 Å². The second kappa shape index (κ2) is 5.13. The monoisotopic (exact) mass is 303 g/mol. The number of aromatic nitrogens is 4. The molecule has 1 aromatic carbocycles. The molecule has 2 heterocycles. The first-order chi connectivity index (χ1) is 10.1. The van der Waals surface area contributed by atoms with E-state index in [1.54, 1.807) is 18.2 Å². The zero-order valence-electron chi connectivity index (χ0n) is 11.5. The summed E-state index contributed by atoms with van der Waals surface area (Å²) in [4.78, 5) is 17.0. The zero-order valence-corrected chi connectivity index (χ0v) is 12.3. The molecule has 0 spiro atoms. The van der Waals surface area contributed by atoms with E-state index in [2.05, 4.69) is 15.2 Å². The van der Waals surface area contributed by atoms with Gasteiger partial charge in [0, 0.05) is 0 Å². The second-order valence-corrected chi connectivity index (χ2v) is 5.51. The summed E-state index contributed by atoms with van der Waals surface area (Å²) in [5.41, 5.74) is 6.01. The van der Waals surface area contributed by atoms with Gasteiger partial charge in [-0.1, -0.05) is 17.4 Å². The highest BCUT2D eigenvalue weighted by atomic mass is 32.1. The van der Waals surface area contributed by atoms with Crippen LogP contribution in [0, 0.1) is 0 Å². The lowest BCUT2D eigenvalue weighted by Crippen LogP contribution is -2.24. The second-order valence-electron chi connectivity index (χ2n) is 4.47. The molecule has 0 aliphatic rings. The van der Waals surface area contributed by atoms with Crippen LogP contribution in [0.15, 0.2) is 29.3 Å². The van der Waals surface area contributed by atoms with Crippen molar-refractivity contribution >= 4 is 27.4 Å². The van der Waals surface area contributed by atoms with Gasteiger partial charge in [0.1, 0.15) is 16.1 Å². The van der Waals surface area contributed by atoms with Gasteiger partial charge in [-0.15, -0.1) is 10.2 Å². The van der Waals surface area contributed by atoms with Gasteiger partial charge in [0.15, 0.2) is 0 Å². The van der Waals surface area contributed by atoms with E-state index in [-0.39, 0.29) is 11.6 Å². The van der Waals surface area contributed by atoms with E-state index in [1.807, 2.05) is 6.92 Å². The van der Waals surface area contributed by atoms with Crippen LogP contribution in [0.5, 0.6) is 5.75 Å². The highest BCUT2D eigenvalue weighted by Crippen LogP contribution is 2.24. The van der Waals surface area contributed by atoms with Crippen molar-refractivity contribution in [3.8, 4) is 5.75 Å². The van der Waals surface area contributed by atoms with Gasteiger partial charge in [0.05, 0.1) is 25.0 Å². The number of nitrogen functional groups attached to an aromatic ring is 1. The minimum Gasteiger partial charge on any atom is -0.496 e. The third-order valence-electron chi connectivity index (χ3n) is 3.22. The lowest BCUT2D eigenvalue weighted by molar-refractivity contribution is 0.419. The van der Waals surface area contributed by atoms with Crippen LogP contribution in [0.25, 0.3) is 10.9 Å². The topological polar surface area (TPSA) is 95.9 Å². The third kappa shape index (κ3) is 2.23. The van der Waals surface area contributed by atoms with Gasteiger partial charge in [0.25, 0.3) is 5.56 Å². The number of methoxy groups -OCH3 is 1. The van der Waals surface area contributed by atoms with Crippen molar-refractivity contribution in [3.63, 3.8) is 0 Å². The molecule has 108 valence electrons. The molecule has 21 heavy (non-hydrogen) atoms. The van der Waals surface area contributed by atoms with Gasteiger partial charge < -0.3 is 10.5 Å². The molecule has 0 amide bonds. The molecule has 0 aliphatic heterocycles.